The molecule has 1 aromatic heterocycles. The van der Waals surface area contributed by atoms with Crippen molar-refractivity contribution in [2.24, 2.45) is 0 Å². The highest BCUT2D eigenvalue weighted by molar-refractivity contribution is 5.32. The smallest absolute Gasteiger partial charge is 0.433 e. The molecule has 0 radical (unpaired) electrons. The van der Waals surface area contributed by atoms with Gasteiger partial charge < -0.3 is 14.8 Å². The molecule has 2 heterocycles. The van der Waals surface area contributed by atoms with Crippen molar-refractivity contribution < 1.29 is 22.6 Å². The Balaban J connectivity index is 2.09. The fraction of sp³-hybridized carbons (Fsp3) is 0.692. The van der Waals surface area contributed by atoms with Gasteiger partial charge in [-0.15, -0.1) is 0 Å². The van der Waals surface area contributed by atoms with Crippen LogP contribution >= 0.6 is 0 Å². The molecule has 118 valence electrons. The quantitative estimate of drug-likeness (QED) is 0.876. The van der Waals surface area contributed by atoms with Gasteiger partial charge in [0.2, 0.25) is 11.8 Å². The third-order valence-electron chi connectivity index (χ3n) is 2.97. The van der Waals surface area contributed by atoms with Crippen molar-refractivity contribution in [1.82, 2.24) is 9.97 Å². The predicted molar refractivity (Wildman–Crippen MR) is 70.3 cm³/mol. The van der Waals surface area contributed by atoms with Gasteiger partial charge in [0.25, 0.3) is 0 Å². The van der Waals surface area contributed by atoms with Crippen LogP contribution in [0.5, 0.6) is 5.88 Å². The van der Waals surface area contributed by atoms with Crippen molar-refractivity contribution in [3.05, 3.63) is 11.8 Å². The van der Waals surface area contributed by atoms with E-state index in [2.05, 4.69) is 15.3 Å². The maximum absolute atomic E-state index is 12.8. The fourth-order valence-corrected chi connectivity index (χ4v) is 1.91. The summed E-state index contributed by atoms with van der Waals surface area (Å²) in [5, 5.41) is 2.74. The lowest BCUT2D eigenvalue weighted by atomic mass is 10.2. The third-order valence-corrected chi connectivity index (χ3v) is 2.97. The molecule has 5 nitrogen and oxygen atoms in total. The summed E-state index contributed by atoms with van der Waals surface area (Å²) in [6.45, 7) is 3.25. The van der Waals surface area contributed by atoms with E-state index in [1.54, 1.807) is 0 Å². The van der Waals surface area contributed by atoms with E-state index in [4.69, 9.17) is 9.47 Å². The largest absolute Gasteiger partial charge is 0.475 e. The standard InChI is InChI=1S/C13H18F3N3O2/c1-2-5-17-12-18-10(13(14,15)16)7-11(19-12)21-8-9-4-3-6-20-9/h7,9H,2-6,8H2,1H3,(H,17,18,19). The summed E-state index contributed by atoms with van der Waals surface area (Å²) in [7, 11) is 0. The molecule has 21 heavy (non-hydrogen) atoms. The first-order valence-corrected chi connectivity index (χ1v) is 6.93. The van der Waals surface area contributed by atoms with E-state index in [9.17, 15) is 13.2 Å². The maximum Gasteiger partial charge on any atom is 0.433 e. The number of anilines is 1. The van der Waals surface area contributed by atoms with Crippen LogP contribution in [-0.2, 0) is 10.9 Å². The Morgan fingerprint density at radius 1 is 1.43 bits per heavy atom. The average Bonchev–Trinajstić information content (AvgIpc) is 2.95. The molecule has 8 heteroatoms. The van der Waals surface area contributed by atoms with Crippen LogP contribution in [0.4, 0.5) is 19.1 Å². The number of aromatic nitrogens is 2. The van der Waals surface area contributed by atoms with Gasteiger partial charge in [0.15, 0.2) is 5.69 Å². The summed E-state index contributed by atoms with van der Waals surface area (Å²) in [6, 6.07) is 0.812. The molecule has 1 unspecified atom stereocenters. The number of nitrogens with one attached hydrogen (secondary N) is 1. The maximum atomic E-state index is 12.8. The summed E-state index contributed by atoms with van der Waals surface area (Å²) >= 11 is 0. The summed E-state index contributed by atoms with van der Waals surface area (Å²) in [5.74, 6) is -0.166. The normalized spacial score (nSPS) is 18.8. The van der Waals surface area contributed by atoms with Crippen molar-refractivity contribution in [1.29, 1.82) is 0 Å². The number of nitrogens with zero attached hydrogens (tertiary/aromatic N) is 2. The van der Waals surface area contributed by atoms with Crippen molar-refractivity contribution in [2.75, 3.05) is 25.1 Å². The first-order valence-electron chi connectivity index (χ1n) is 6.93. The molecular weight excluding hydrogens is 287 g/mol. The molecule has 0 saturated carbocycles. The van der Waals surface area contributed by atoms with Gasteiger partial charge >= 0.3 is 6.18 Å². The number of ether oxygens (including phenoxy) is 2. The molecule has 0 aromatic carbocycles. The average molecular weight is 305 g/mol. The molecule has 1 fully saturated rings. The Morgan fingerprint density at radius 3 is 2.86 bits per heavy atom. The fourth-order valence-electron chi connectivity index (χ4n) is 1.91. The van der Waals surface area contributed by atoms with Gasteiger partial charge in [-0.3, -0.25) is 0 Å². The lowest BCUT2D eigenvalue weighted by Crippen LogP contribution is -2.18. The van der Waals surface area contributed by atoms with Crippen LogP contribution in [0.15, 0.2) is 6.07 Å². The highest BCUT2D eigenvalue weighted by atomic mass is 19.4. The van der Waals surface area contributed by atoms with Crippen LogP contribution in [0.3, 0.4) is 0 Å². The molecule has 0 amide bonds. The van der Waals surface area contributed by atoms with Gasteiger partial charge in [-0.1, -0.05) is 6.92 Å². The molecule has 0 bridgehead atoms. The minimum atomic E-state index is -4.53. The number of halogens is 3. The first-order chi connectivity index (χ1) is 9.99. The summed E-state index contributed by atoms with van der Waals surface area (Å²) < 4.78 is 49.1. The second-order valence-corrected chi connectivity index (χ2v) is 4.79. The molecule has 1 saturated heterocycles. The monoisotopic (exact) mass is 305 g/mol. The highest BCUT2D eigenvalue weighted by Gasteiger charge is 2.34. The summed E-state index contributed by atoms with van der Waals surface area (Å²) in [4.78, 5) is 7.41. The second kappa shape index (κ2) is 6.93. The van der Waals surface area contributed by atoms with E-state index in [1.165, 1.54) is 0 Å². The second-order valence-electron chi connectivity index (χ2n) is 4.79. The number of hydrogen-bond donors (Lipinski definition) is 1. The Morgan fingerprint density at radius 2 is 2.24 bits per heavy atom. The minimum absolute atomic E-state index is 0.0750. The topological polar surface area (TPSA) is 56.3 Å². The summed E-state index contributed by atoms with van der Waals surface area (Å²) in [5.41, 5.74) is -1.02. The number of hydrogen-bond acceptors (Lipinski definition) is 5. The Kier molecular flexibility index (Phi) is 5.22. The van der Waals surface area contributed by atoms with E-state index in [0.717, 1.165) is 25.3 Å². The van der Waals surface area contributed by atoms with E-state index in [0.29, 0.717) is 13.2 Å². The molecule has 1 aliphatic heterocycles. The molecule has 0 spiro atoms. The van der Waals surface area contributed by atoms with Crippen LogP contribution in [0, 0.1) is 0 Å². The van der Waals surface area contributed by atoms with E-state index in [1.807, 2.05) is 6.92 Å². The number of rotatable bonds is 6. The highest BCUT2D eigenvalue weighted by Crippen LogP contribution is 2.30. The zero-order chi connectivity index (χ0) is 15.3. The molecule has 0 aliphatic carbocycles. The van der Waals surface area contributed by atoms with E-state index < -0.39 is 11.9 Å². The Bertz CT molecular complexity index is 462. The van der Waals surface area contributed by atoms with Gasteiger partial charge in [-0.2, -0.15) is 18.2 Å². The first kappa shape index (κ1) is 15.8. The molecule has 1 N–H and O–H groups in total. The molecule has 1 aliphatic rings. The Hall–Kier alpha value is -1.57. The minimum Gasteiger partial charge on any atom is -0.475 e. The van der Waals surface area contributed by atoms with Crippen molar-refractivity contribution in [3.8, 4) is 5.88 Å². The van der Waals surface area contributed by atoms with Crippen LogP contribution in [0.2, 0.25) is 0 Å². The van der Waals surface area contributed by atoms with Crippen LogP contribution in [0.25, 0.3) is 0 Å². The lowest BCUT2D eigenvalue weighted by molar-refractivity contribution is -0.141. The third kappa shape index (κ3) is 4.73. The van der Waals surface area contributed by atoms with Crippen LogP contribution in [-0.4, -0.2) is 35.8 Å². The van der Waals surface area contributed by atoms with Crippen LogP contribution in [0.1, 0.15) is 31.9 Å². The van der Waals surface area contributed by atoms with Gasteiger partial charge in [0, 0.05) is 19.2 Å². The molecule has 1 aromatic rings. The van der Waals surface area contributed by atoms with E-state index >= 15 is 0 Å². The predicted octanol–water partition coefficient (Wildman–Crippen LogP) is 2.88. The zero-order valence-electron chi connectivity index (χ0n) is 11.7. The molecule has 1 atom stereocenters. The van der Waals surface area contributed by atoms with Crippen molar-refractivity contribution in [2.45, 2.75) is 38.5 Å². The van der Waals surface area contributed by atoms with Crippen molar-refractivity contribution >= 4 is 5.95 Å². The van der Waals surface area contributed by atoms with Gasteiger partial charge in [0.1, 0.15) is 6.61 Å². The zero-order valence-corrected chi connectivity index (χ0v) is 11.7. The molecular formula is C13H18F3N3O2. The van der Waals surface area contributed by atoms with E-state index in [-0.39, 0.29) is 24.5 Å². The van der Waals surface area contributed by atoms with Crippen LogP contribution < -0.4 is 10.1 Å². The number of alkyl halides is 3. The Labute approximate surface area is 120 Å². The van der Waals surface area contributed by atoms with Gasteiger partial charge in [-0.05, 0) is 19.3 Å². The SMILES string of the molecule is CCCNc1nc(OCC2CCCO2)cc(C(F)(F)F)n1. The lowest BCUT2D eigenvalue weighted by Gasteiger charge is -2.14. The van der Waals surface area contributed by atoms with Gasteiger partial charge in [0.05, 0.1) is 6.10 Å². The molecule has 2 rings (SSSR count). The van der Waals surface area contributed by atoms with Gasteiger partial charge in [-0.25, -0.2) is 4.98 Å². The van der Waals surface area contributed by atoms with Crippen molar-refractivity contribution in [3.63, 3.8) is 0 Å². The summed E-state index contributed by atoms with van der Waals surface area (Å²) in [6.07, 6.45) is -2.08.